The Hall–Kier alpha value is -1.77. The minimum atomic E-state index is -0.115. The molecule has 1 aromatic carbocycles. The van der Waals surface area contributed by atoms with Crippen LogP contribution in [0.15, 0.2) is 18.2 Å². The molecule has 5 nitrogen and oxygen atoms in total. The summed E-state index contributed by atoms with van der Waals surface area (Å²) in [4.78, 5) is 0. The monoisotopic (exact) mass is 223 g/mol. The van der Waals surface area contributed by atoms with Crippen molar-refractivity contribution in [3.63, 3.8) is 0 Å². The van der Waals surface area contributed by atoms with E-state index in [9.17, 15) is 0 Å². The molecule has 0 heterocycles. The second-order valence-electron chi connectivity index (χ2n) is 2.92. The Labute approximate surface area is 93.5 Å². The molecular weight excluding hydrogens is 210 g/mol. The zero-order chi connectivity index (χ0) is 11.8. The fourth-order valence-electron chi connectivity index (χ4n) is 1.12. The van der Waals surface area contributed by atoms with Gasteiger partial charge in [0.1, 0.15) is 13.2 Å². The van der Waals surface area contributed by atoms with Crippen LogP contribution in [0.1, 0.15) is 5.56 Å². The highest BCUT2D eigenvalue weighted by Crippen LogP contribution is 2.28. The van der Waals surface area contributed by atoms with E-state index in [-0.39, 0.29) is 26.4 Å². The zero-order valence-electron chi connectivity index (χ0n) is 8.72. The lowest BCUT2D eigenvalue weighted by atomic mass is 10.2. The van der Waals surface area contributed by atoms with Crippen molar-refractivity contribution in [3.05, 3.63) is 23.8 Å². The number of rotatable bonds is 6. The maximum Gasteiger partial charge on any atom is 0.162 e. The molecule has 16 heavy (non-hydrogen) atoms. The normalized spacial score (nSPS) is 9.56. The van der Waals surface area contributed by atoms with Gasteiger partial charge in [0.2, 0.25) is 0 Å². The van der Waals surface area contributed by atoms with Crippen molar-refractivity contribution in [2.45, 2.75) is 0 Å². The minimum absolute atomic E-state index is 0.0978. The van der Waals surface area contributed by atoms with Crippen molar-refractivity contribution in [2.24, 2.45) is 0 Å². The summed E-state index contributed by atoms with van der Waals surface area (Å²) in [5.41, 5.74) is 0.448. The average molecular weight is 223 g/mol. The summed E-state index contributed by atoms with van der Waals surface area (Å²) in [5, 5.41) is 26.0. The van der Waals surface area contributed by atoms with Crippen LogP contribution in [0.4, 0.5) is 0 Å². The lowest BCUT2D eigenvalue weighted by molar-refractivity contribution is 0.178. The standard InChI is InChI=1S/C11H13NO4/c12-8-9-1-2-10(15-5-3-13)11(7-9)16-6-4-14/h1-2,7,13-14H,3-6H2. The van der Waals surface area contributed by atoms with E-state index in [4.69, 9.17) is 24.9 Å². The number of nitriles is 1. The van der Waals surface area contributed by atoms with Gasteiger partial charge in [0.05, 0.1) is 24.8 Å². The fraction of sp³-hybridized carbons (Fsp3) is 0.364. The molecule has 0 bridgehead atoms. The lowest BCUT2D eigenvalue weighted by Gasteiger charge is -2.11. The van der Waals surface area contributed by atoms with Gasteiger partial charge in [-0.1, -0.05) is 0 Å². The van der Waals surface area contributed by atoms with Crippen LogP contribution in [-0.2, 0) is 0 Å². The molecule has 5 heteroatoms. The number of aliphatic hydroxyl groups excluding tert-OH is 2. The van der Waals surface area contributed by atoms with Gasteiger partial charge in [-0.2, -0.15) is 5.26 Å². The Bertz CT molecular complexity index is 373. The molecule has 0 aliphatic rings. The summed E-state index contributed by atoms with van der Waals surface area (Å²) in [5.74, 6) is 0.836. The zero-order valence-corrected chi connectivity index (χ0v) is 8.72. The molecule has 0 aliphatic carbocycles. The van der Waals surface area contributed by atoms with Crippen LogP contribution < -0.4 is 9.47 Å². The number of aliphatic hydroxyl groups is 2. The number of benzene rings is 1. The first kappa shape index (κ1) is 12.3. The van der Waals surface area contributed by atoms with E-state index in [2.05, 4.69) is 0 Å². The molecule has 0 amide bonds. The average Bonchev–Trinajstić information content (AvgIpc) is 2.34. The predicted octanol–water partition coefficient (Wildman–Crippen LogP) is 0.300. The van der Waals surface area contributed by atoms with Crippen molar-refractivity contribution >= 4 is 0 Å². The van der Waals surface area contributed by atoms with Gasteiger partial charge in [0.25, 0.3) is 0 Å². The summed E-state index contributed by atoms with van der Waals surface area (Å²) in [6, 6.07) is 6.70. The van der Waals surface area contributed by atoms with Crippen LogP contribution in [0.3, 0.4) is 0 Å². The third kappa shape index (κ3) is 3.42. The first-order valence-corrected chi connectivity index (χ1v) is 4.83. The van der Waals surface area contributed by atoms with Crippen LogP contribution in [0, 0.1) is 11.3 Å². The third-order valence-corrected chi connectivity index (χ3v) is 1.77. The van der Waals surface area contributed by atoms with Crippen molar-refractivity contribution in [1.82, 2.24) is 0 Å². The Morgan fingerprint density at radius 1 is 1.06 bits per heavy atom. The predicted molar refractivity (Wildman–Crippen MR) is 56.3 cm³/mol. The number of nitrogens with zero attached hydrogens (tertiary/aromatic N) is 1. The molecule has 1 rings (SSSR count). The summed E-state index contributed by atoms with van der Waals surface area (Å²) in [6.45, 7) is 0.0708. The Morgan fingerprint density at radius 3 is 2.25 bits per heavy atom. The topological polar surface area (TPSA) is 82.7 Å². The third-order valence-electron chi connectivity index (χ3n) is 1.77. The first-order valence-electron chi connectivity index (χ1n) is 4.83. The molecule has 86 valence electrons. The van der Waals surface area contributed by atoms with Gasteiger partial charge in [-0.15, -0.1) is 0 Å². The molecule has 0 aromatic heterocycles. The van der Waals surface area contributed by atoms with Crippen LogP contribution in [0.25, 0.3) is 0 Å². The highest BCUT2D eigenvalue weighted by molar-refractivity contribution is 5.46. The van der Waals surface area contributed by atoms with Crippen molar-refractivity contribution in [2.75, 3.05) is 26.4 Å². The first-order chi connectivity index (χ1) is 7.81. The van der Waals surface area contributed by atoms with E-state index in [0.717, 1.165) is 0 Å². The molecule has 0 spiro atoms. The molecule has 0 saturated carbocycles. The van der Waals surface area contributed by atoms with Gasteiger partial charge in [-0.25, -0.2) is 0 Å². The number of ether oxygens (including phenoxy) is 2. The molecule has 0 radical (unpaired) electrons. The maximum absolute atomic E-state index is 8.72. The second-order valence-corrected chi connectivity index (χ2v) is 2.92. The van der Waals surface area contributed by atoms with Crippen molar-refractivity contribution in [3.8, 4) is 17.6 Å². The van der Waals surface area contributed by atoms with Gasteiger partial charge in [0, 0.05) is 6.07 Å². The summed E-state index contributed by atoms with van der Waals surface area (Å²) in [7, 11) is 0. The largest absolute Gasteiger partial charge is 0.487 e. The molecular formula is C11H13NO4. The fourth-order valence-corrected chi connectivity index (χ4v) is 1.12. The van der Waals surface area contributed by atoms with Crippen molar-refractivity contribution < 1.29 is 19.7 Å². The SMILES string of the molecule is N#Cc1ccc(OCCO)c(OCCO)c1. The maximum atomic E-state index is 8.72. The molecule has 0 aliphatic heterocycles. The van der Waals surface area contributed by atoms with E-state index in [1.54, 1.807) is 12.1 Å². The summed E-state index contributed by atoms with van der Waals surface area (Å²) >= 11 is 0. The molecule has 0 atom stereocenters. The van der Waals surface area contributed by atoms with Gasteiger partial charge < -0.3 is 19.7 Å². The number of hydrogen-bond donors (Lipinski definition) is 2. The summed E-state index contributed by atoms with van der Waals surface area (Å²) in [6.07, 6.45) is 0. The van der Waals surface area contributed by atoms with Crippen LogP contribution >= 0.6 is 0 Å². The smallest absolute Gasteiger partial charge is 0.162 e. The van der Waals surface area contributed by atoms with Crippen LogP contribution in [-0.4, -0.2) is 36.6 Å². The Morgan fingerprint density at radius 2 is 1.69 bits per heavy atom. The minimum Gasteiger partial charge on any atom is -0.487 e. The van der Waals surface area contributed by atoms with Gasteiger partial charge in [-0.3, -0.25) is 0 Å². The van der Waals surface area contributed by atoms with Crippen molar-refractivity contribution in [1.29, 1.82) is 5.26 Å². The highest BCUT2D eigenvalue weighted by atomic mass is 16.5. The van der Waals surface area contributed by atoms with E-state index in [1.165, 1.54) is 6.07 Å². The quantitative estimate of drug-likeness (QED) is 0.724. The van der Waals surface area contributed by atoms with E-state index in [0.29, 0.717) is 17.1 Å². The van der Waals surface area contributed by atoms with E-state index in [1.807, 2.05) is 6.07 Å². The van der Waals surface area contributed by atoms with Crippen LogP contribution in [0.2, 0.25) is 0 Å². The summed E-state index contributed by atoms with van der Waals surface area (Å²) < 4.78 is 10.4. The highest BCUT2D eigenvalue weighted by Gasteiger charge is 2.06. The lowest BCUT2D eigenvalue weighted by Crippen LogP contribution is -2.06. The number of hydrogen-bond acceptors (Lipinski definition) is 5. The Kier molecular flexibility index (Phi) is 5.12. The molecule has 0 unspecified atom stereocenters. The molecule has 0 fully saturated rings. The van der Waals surface area contributed by atoms with Gasteiger partial charge >= 0.3 is 0 Å². The van der Waals surface area contributed by atoms with E-state index < -0.39 is 0 Å². The molecule has 1 aromatic rings. The van der Waals surface area contributed by atoms with Gasteiger partial charge in [0.15, 0.2) is 11.5 Å². The second kappa shape index (κ2) is 6.67. The Balaban J connectivity index is 2.83. The molecule has 2 N–H and O–H groups in total. The molecule has 0 saturated heterocycles. The van der Waals surface area contributed by atoms with Crippen LogP contribution in [0.5, 0.6) is 11.5 Å². The van der Waals surface area contributed by atoms with E-state index >= 15 is 0 Å². The van der Waals surface area contributed by atoms with Gasteiger partial charge in [-0.05, 0) is 12.1 Å².